The normalized spacial score (nSPS) is 25.3. The number of aromatic nitrogens is 2. The van der Waals surface area contributed by atoms with E-state index in [0.29, 0.717) is 18.4 Å². The van der Waals surface area contributed by atoms with Crippen molar-refractivity contribution in [1.82, 2.24) is 19.8 Å². The number of carbonyl (C=O) groups excluding carboxylic acids is 1. The molecule has 5 rings (SSSR count). The third-order valence-corrected chi connectivity index (χ3v) is 7.08. The lowest BCUT2D eigenvalue weighted by molar-refractivity contribution is -0.131. The molecular formula is C23H30N4O3. The summed E-state index contributed by atoms with van der Waals surface area (Å²) in [6, 6.07) is 6.33. The van der Waals surface area contributed by atoms with Gasteiger partial charge in [0.15, 0.2) is 11.5 Å². The van der Waals surface area contributed by atoms with Gasteiger partial charge in [-0.05, 0) is 61.8 Å². The Morgan fingerprint density at radius 1 is 1.27 bits per heavy atom. The summed E-state index contributed by atoms with van der Waals surface area (Å²) in [4.78, 5) is 24.7. The Labute approximate surface area is 177 Å². The van der Waals surface area contributed by atoms with Crippen LogP contribution in [0.4, 0.5) is 0 Å². The topological polar surface area (TPSA) is 70.7 Å². The highest BCUT2D eigenvalue weighted by molar-refractivity contribution is 5.76. The molecule has 0 bridgehead atoms. The van der Waals surface area contributed by atoms with Crippen LogP contribution in [0.5, 0.6) is 11.5 Å². The third-order valence-electron chi connectivity index (χ3n) is 7.08. The molecule has 1 aromatic heterocycles. The average molecular weight is 411 g/mol. The van der Waals surface area contributed by atoms with Crippen LogP contribution in [0.2, 0.25) is 0 Å². The first-order valence-electron chi connectivity index (χ1n) is 11.0. The summed E-state index contributed by atoms with van der Waals surface area (Å²) in [5, 5.41) is 0. The molecule has 2 aromatic rings. The van der Waals surface area contributed by atoms with Crippen molar-refractivity contribution < 1.29 is 14.3 Å². The van der Waals surface area contributed by atoms with E-state index in [2.05, 4.69) is 14.9 Å². The van der Waals surface area contributed by atoms with E-state index in [1.807, 2.05) is 36.3 Å². The summed E-state index contributed by atoms with van der Waals surface area (Å²) in [5.74, 6) is 3.25. The first-order chi connectivity index (χ1) is 14.7. The SMILES string of the molecule is CN(C(=O)CCc1ccc2c(c1)OCO2)[C@H]1C[C@H]2CCN(Cc3cnc[nH]3)C[C@H]2C1. The summed E-state index contributed by atoms with van der Waals surface area (Å²) in [6.07, 6.45) is 8.43. The molecule has 30 heavy (non-hydrogen) atoms. The van der Waals surface area contributed by atoms with Gasteiger partial charge in [0.05, 0.1) is 6.33 Å². The number of carbonyl (C=O) groups is 1. The van der Waals surface area contributed by atoms with Crippen molar-refractivity contribution in [3.63, 3.8) is 0 Å². The highest BCUT2D eigenvalue weighted by atomic mass is 16.7. The number of aryl methyl sites for hydroxylation is 1. The molecule has 1 N–H and O–H groups in total. The van der Waals surface area contributed by atoms with Gasteiger partial charge < -0.3 is 19.4 Å². The summed E-state index contributed by atoms with van der Waals surface area (Å²) in [6.45, 7) is 3.48. The van der Waals surface area contributed by atoms with Crippen LogP contribution in [0.1, 0.15) is 36.9 Å². The van der Waals surface area contributed by atoms with E-state index < -0.39 is 0 Å². The van der Waals surface area contributed by atoms with Gasteiger partial charge in [0.2, 0.25) is 12.7 Å². The molecule has 3 heterocycles. The van der Waals surface area contributed by atoms with Crippen molar-refractivity contribution in [3.05, 3.63) is 42.0 Å². The second kappa shape index (κ2) is 8.30. The van der Waals surface area contributed by atoms with E-state index in [1.54, 1.807) is 6.33 Å². The van der Waals surface area contributed by atoms with E-state index in [4.69, 9.17) is 9.47 Å². The highest BCUT2D eigenvalue weighted by Gasteiger charge is 2.40. The van der Waals surface area contributed by atoms with Gasteiger partial charge in [0.1, 0.15) is 0 Å². The predicted molar refractivity (Wildman–Crippen MR) is 112 cm³/mol. The minimum Gasteiger partial charge on any atom is -0.454 e. The van der Waals surface area contributed by atoms with Crippen LogP contribution in [0, 0.1) is 11.8 Å². The molecule has 0 radical (unpaired) electrons. The van der Waals surface area contributed by atoms with Crippen LogP contribution in [0.25, 0.3) is 0 Å². The number of aromatic amines is 1. The second-order valence-corrected chi connectivity index (χ2v) is 8.94. The van der Waals surface area contributed by atoms with Gasteiger partial charge in [-0.2, -0.15) is 0 Å². The molecule has 0 unspecified atom stereocenters. The zero-order valence-electron chi connectivity index (χ0n) is 17.5. The van der Waals surface area contributed by atoms with E-state index in [-0.39, 0.29) is 12.7 Å². The maximum Gasteiger partial charge on any atom is 0.231 e. The monoisotopic (exact) mass is 410 g/mol. The van der Waals surface area contributed by atoms with Crippen molar-refractivity contribution in [2.45, 2.75) is 44.7 Å². The summed E-state index contributed by atoms with van der Waals surface area (Å²) < 4.78 is 10.8. The molecule has 1 aromatic carbocycles. The van der Waals surface area contributed by atoms with Gasteiger partial charge in [0.25, 0.3) is 0 Å². The Kier molecular flexibility index (Phi) is 5.37. The lowest BCUT2D eigenvalue weighted by Gasteiger charge is -2.34. The van der Waals surface area contributed by atoms with Crippen LogP contribution < -0.4 is 9.47 Å². The average Bonchev–Trinajstić information content (AvgIpc) is 3.51. The number of likely N-dealkylation sites (tertiary alicyclic amines) is 1. The van der Waals surface area contributed by atoms with Crippen molar-refractivity contribution in [1.29, 1.82) is 0 Å². The van der Waals surface area contributed by atoms with Gasteiger partial charge in [-0.1, -0.05) is 6.07 Å². The molecule has 3 atom stereocenters. The van der Waals surface area contributed by atoms with Gasteiger partial charge in [-0.15, -0.1) is 0 Å². The number of benzene rings is 1. The van der Waals surface area contributed by atoms with Gasteiger partial charge in [0, 0.05) is 44.5 Å². The minimum atomic E-state index is 0.241. The smallest absolute Gasteiger partial charge is 0.231 e. The largest absolute Gasteiger partial charge is 0.454 e. The molecule has 1 aliphatic carbocycles. The number of ether oxygens (including phenoxy) is 2. The number of hydrogen-bond acceptors (Lipinski definition) is 5. The zero-order chi connectivity index (χ0) is 20.5. The summed E-state index contributed by atoms with van der Waals surface area (Å²) >= 11 is 0. The molecule has 7 heteroatoms. The van der Waals surface area contributed by atoms with Crippen LogP contribution in [-0.2, 0) is 17.8 Å². The Hall–Kier alpha value is -2.54. The highest BCUT2D eigenvalue weighted by Crippen LogP contribution is 2.40. The molecule has 0 spiro atoms. The number of H-pyrrole nitrogens is 1. The fourth-order valence-electron chi connectivity index (χ4n) is 5.33. The van der Waals surface area contributed by atoms with E-state index >= 15 is 0 Å². The Morgan fingerprint density at radius 3 is 3.00 bits per heavy atom. The van der Waals surface area contributed by atoms with Crippen molar-refractivity contribution >= 4 is 5.91 Å². The Morgan fingerprint density at radius 2 is 2.13 bits per heavy atom. The summed E-state index contributed by atoms with van der Waals surface area (Å²) in [5.41, 5.74) is 2.30. The second-order valence-electron chi connectivity index (χ2n) is 8.94. The maximum atomic E-state index is 12.9. The molecule has 7 nitrogen and oxygen atoms in total. The number of amides is 1. The molecular weight excluding hydrogens is 380 g/mol. The fourth-order valence-corrected chi connectivity index (χ4v) is 5.33. The number of nitrogens with one attached hydrogen (secondary N) is 1. The Bertz CT molecular complexity index is 885. The van der Waals surface area contributed by atoms with Crippen LogP contribution in [-0.4, -0.2) is 58.6 Å². The third kappa shape index (κ3) is 4.03. The summed E-state index contributed by atoms with van der Waals surface area (Å²) in [7, 11) is 1.99. The number of nitrogens with zero attached hydrogens (tertiary/aromatic N) is 3. The molecule has 1 amide bonds. The molecule has 3 aliphatic rings. The first kappa shape index (κ1) is 19.4. The number of rotatable bonds is 6. The molecule has 2 fully saturated rings. The lowest BCUT2D eigenvalue weighted by atomic mass is 9.89. The van der Waals surface area contributed by atoms with Crippen LogP contribution in [0.15, 0.2) is 30.7 Å². The number of piperidine rings is 1. The minimum absolute atomic E-state index is 0.241. The van der Waals surface area contributed by atoms with Gasteiger partial charge in [-0.25, -0.2) is 4.98 Å². The first-order valence-corrected chi connectivity index (χ1v) is 11.0. The number of hydrogen-bond donors (Lipinski definition) is 1. The van der Waals surface area contributed by atoms with E-state index in [1.165, 1.54) is 12.1 Å². The van der Waals surface area contributed by atoms with Crippen molar-refractivity contribution in [2.75, 3.05) is 26.9 Å². The zero-order valence-corrected chi connectivity index (χ0v) is 17.5. The quantitative estimate of drug-likeness (QED) is 0.793. The lowest BCUT2D eigenvalue weighted by Crippen LogP contribution is -2.38. The molecule has 160 valence electrons. The fraction of sp³-hybridized carbons (Fsp3) is 0.565. The standard InChI is InChI=1S/C23H30N4O3/c1-26(23(28)5-3-16-2-4-21-22(8-16)30-15-29-21)20-9-17-6-7-27(12-18(17)10-20)13-19-11-24-14-25-19/h2,4,8,11,14,17-18,20H,3,5-7,9-10,12-13,15H2,1H3,(H,24,25)/t17-,18-,20+/m1/s1. The van der Waals surface area contributed by atoms with Crippen LogP contribution in [0.3, 0.4) is 0 Å². The number of fused-ring (bicyclic) bond motifs is 2. The molecule has 1 saturated heterocycles. The molecule has 2 aliphatic heterocycles. The Balaban J connectivity index is 1.12. The van der Waals surface area contributed by atoms with Crippen molar-refractivity contribution in [2.24, 2.45) is 11.8 Å². The van der Waals surface area contributed by atoms with E-state index in [9.17, 15) is 4.79 Å². The van der Waals surface area contributed by atoms with E-state index in [0.717, 1.165) is 61.9 Å². The van der Waals surface area contributed by atoms with Crippen molar-refractivity contribution in [3.8, 4) is 11.5 Å². The maximum absolute atomic E-state index is 12.9. The number of imidazole rings is 1. The molecule has 1 saturated carbocycles. The predicted octanol–water partition coefficient (Wildman–Crippen LogP) is 2.83. The van der Waals surface area contributed by atoms with Gasteiger partial charge >= 0.3 is 0 Å². The van der Waals surface area contributed by atoms with Crippen LogP contribution >= 0.6 is 0 Å². The van der Waals surface area contributed by atoms with Gasteiger partial charge in [-0.3, -0.25) is 9.69 Å².